The van der Waals surface area contributed by atoms with E-state index < -0.39 is 5.97 Å². The van der Waals surface area contributed by atoms with Crippen LogP contribution in [0.1, 0.15) is 44.9 Å². The van der Waals surface area contributed by atoms with Gasteiger partial charge in [0.15, 0.2) is 12.4 Å². The molecule has 2 heterocycles. The fourth-order valence-electron chi connectivity index (χ4n) is 2.83. The average molecular weight is 450 g/mol. The molecule has 10 heteroatoms. The van der Waals surface area contributed by atoms with Crippen molar-refractivity contribution >= 4 is 35.1 Å². The zero-order chi connectivity index (χ0) is 21.7. The van der Waals surface area contributed by atoms with Gasteiger partial charge in [0.05, 0.1) is 17.4 Å². The van der Waals surface area contributed by atoms with E-state index in [4.69, 9.17) is 25.5 Å². The zero-order valence-electron chi connectivity index (χ0n) is 16.7. The number of aromatic amines is 1. The van der Waals surface area contributed by atoms with E-state index in [9.17, 15) is 9.59 Å². The van der Waals surface area contributed by atoms with Crippen molar-refractivity contribution < 1.29 is 23.5 Å². The van der Waals surface area contributed by atoms with Crippen LogP contribution in [0.4, 0.5) is 0 Å². The first kappa shape index (κ1) is 21.9. The van der Waals surface area contributed by atoms with Gasteiger partial charge in [-0.3, -0.25) is 4.79 Å². The molecule has 0 atom stereocenters. The van der Waals surface area contributed by atoms with Crippen LogP contribution in [0, 0.1) is 13.8 Å². The van der Waals surface area contributed by atoms with Crippen molar-refractivity contribution in [2.45, 2.75) is 32.6 Å². The minimum atomic E-state index is -0.482. The van der Waals surface area contributed by atoms with Crippen LogP contribution in [-0.2, 0) is 11.3 Å². The van der Waals surface area contributed by atoms with E-state index in [-0.39, 0.29) is 35.9 Å². The third-order valence-electron chi connectivity index (χ3n) is 4.16. The number of aryl methyl sites for hydroxylation is 1. The molecule has 30 heavy (non-hydrogen) atoms. The van der Waals surface area contributed by atoms with Gasteiger partial charge in [-0.2, -0.15) is 0 Å². The molecule has 3 aromatic rings. The maximum atomic E-state index is 12.7. The van der Waals surface area contributed by atoms with E-state index in [1.807, 2.05) is 0 Å². The van der Waals surface area contributed by atoms with Crippen molar-refractivity contribution in [3.63, 3.8) is 0 Å². The number of aromatic nitrogens is 3. The van der Waals surface area contributed by atoms with Crippen LogP contribution < -0.4 is 4.74 Å². The summed E-state index contributed by atoms with van der Waals surface area (Å²) in [6.45, 7) is 5.50. The number of hydrogen-bond acceptors (Lipinski definition) is 8. The van der Waals surface area contributed by atoms with Gasteiger partial charge in [0, 0.05) is 11.3 Å². The Labute approximate surface area is 182 Å². The van der Waals surface area contributed by atoms with Crippen molar-refractivity contribution in [2.75, 3.05) is 12.4 Å². The van der Waals surface area contributed by atoms with E-state index in [0.717, 1.165) is 11.8 Å². The topological polar surface area (TPSA) is 107 Å². The highest BCUT2D eigenvalue weighted by Crippen LogP contribution is 2.26. The Morgan fingerprint density at radius 2 is 2.00 bits per heavy atom. The number of esters is 1. The predicted molar refractivity (Wildman–Crippen MR) is 111 cm³/mol. The van der Waals surface area contributed by atoms with Gasteiger partial charge in [-0.1, -0.05) is 35.5 Å². The molecule has 0 unspecified atom stereocenters. The van der Waals surface area contributed by atoms with Gasteiger partial charge in [-0.25, -0.2) is 4.79 Å². The first-order valence-electron chi connectivity index (χ1n) is 9.12. The molecule has 0 aliphatic heterocycles. The molecule has 0 saturated carbocycles. The van der Waals surface area contributed by atoms with Crippen molar-refractivity contribution in [1.82, 2.24) is 15.2 Å². The van der Waals surface area contributed by atoms with Gasteiger partial charge >= 0.3 is 5.97 Å². The Balaban J connectivity index is 1.59. The third kappa shape index (κ3) is 5.03. The molecule has 1 N–H and O–H groups in total. The van der Waals surface area contributed by atoms with Crippen LogP contribution in [0.2, 0.25) is 5.02 Å². The summed E-state index contributed by atoms with van der Waals surface area (Å²) in [6, 6.07) is 7.06. The molecular formula is C20H20ClN3O5S. The molecule has 2 aromatic heterocycles. The summed E-state index contributed by atoms with van der Waals surface area (Å²) in [7, 11) is 0. The normalized spacial score (nSPS) is 10.8. The van der Waals surface area contributed by atoms with Gasteiger partial charge in [0.1, 0.15) is 11.4 Å². The van der Waals surface area contributed by atoms with Gasteiger partial charge < -0.3 is 18.9 Å². The summed E-state index contributed by atoms with van der Waals surface area (Å²) in [6.07, 6.45) is 0. The second kappa shape index (κ2) is 9.82. The monoisotopic (exact) mass is 449 g/mol. The van der Waals surface area contributed by atoms with Gasteiger partial charge in [0.25, 0.3) is 11.1 Å². The Bertz CT molecular complexity index is 1060. The number of benzene rings is 1. The van der Waals surface area contributed by atoms with Crippen LogP contribution in [0.5, 0.6) is 5.75 Å². The number of rotatable bonds is 9. The van der Waals surface area contributed by atoms with E-state index in [1.54, 1.807) is 45.0 Å². The van der Waals surface area contributed by atoms with E-state index in [0.29, 0.717) is 33.3 Å². The predicted octanol–water partition coefficient (Wildman–Crippen LogP) is 4.40. The molecule has 0 bridgehead atoms. The highest BCUT2D eigenvalue weighted by Gasteiger charge is 2.23. The van der Waals surface area contributed by atoms with Crippen molar-refractivity contribution in [2.24, 2.45) is 0 Å². The van der Waals surface area contributed by atoms with E-state index in [1.165, 1.54) is 0 Å². The van der Waals surface area contributed by atoms with Crippen LogP contribution in [0.25, 0.3) is 0 Å². The quantitative estimate of drug-likeness (QED) is 0.291. The lowest BCUT2D eigenvalue weighted by Crippen LogP contribution is -2.08. The highest BCUT2D eigenvalue weighted by atomic mass is 35.5. The molecule has 0 spiro atoms. The minimum Gasteiger partial charge on any atom is -0.482 e. The lowest BCUT2D eigenvalue weighted by molar-refractivity contribution is 0.0519. The SMILES string of the molecule is CCOC(=O)c1[nH]c(C)c(C(=O)CSc2nnc(COc3ccccc3Cl)o2)c1C. The number of carbonyl (C=O) groups excluding carboxylic acids is 2. The number of para-hydroxylation sites is 1. The fourth-order valence-corrected chi connectivity index (χ4v) is 3.67. The molecule has 8 nitrogen and oxygen atoms in total. The molecule has 1 aromatic carbocycles. The van der Waals surface area contributed by atoms with Crippen LogP contribution >= 0.6 is 23.4 Å². The largest absolute Gasteiger partial charge is 0.482 e. The van der Waals surface area contributed by atoms with Gasteiger partial charge in [-0.05, 0) is 38.5 Å². The molecule has 0 saturated heterocycles. The number of nitrogens with one attached hydrogen (secondary N) is 1. The number of nitrogens with zero attached hydrogens (tertiary/aromatic N) is 2. The summed E-state index contributed by atoms with van der Waals surface area (Å²) < 4.78 is 16.1. The average Bonchev–Trinajstić information content (AvgIpc) is 3.29. The second-order valence-corrected chi connectivity index (χ2v) is 7.57. The summed E-state index contributed by atoms with van der Waals surface area (Å²) in [5.74, 6) is 0.217. The lowest BCUT2D eigenvalue weighted by atomic mass is 10.1. The molecule has 0 aliphatic carbocycles. The number of ether oxygens (including phenoxy) is 2. The standard InChI is InChI=1S/C20H20ClN3O5S/c1-4-27-19(26)18-11(2)17(12(3)22-18)14(25)10-30-20-24-23-16(29-20)9-28-15-8-6-5-7-13(15)21/h5-8,22H,4,9-10H2,1-3H3. The number of halogens is 1. The molecular weight excluding hydrogens is 430 g/mol. The first-order chi connectivity index (χ1) is 14.4. The molecule has 158 valence electrons. The molecule has 0 fully saturated rings. The van der Waals surface area contributed by atoms with Crippen LogP contribution in [0.3, 0.4) is 0 Å². The van der Waals surface area contributed by atoms with Crippen molar-refractivity contribution in [1.29, 1.82) is 0 Å². The van der Waals surface area contributed by atoms with Crippen LogP contribution in [0.15, 0.2) is 33.9 Å². The zero-order valence-corrected chi connectivity index (χ0v) is 18.2. The van der Waals surface area contributed by atoms with Gasteiger partial charge in [-0.15, -0.1) is 10.2 Å². The molecule has 0 amide bonds. The highest BCUT2D eigenvalue weighted by molar-refractivity contribution is 7.99. The number of hydrogen-bond donors (Lipinski definition) is 1. The Kier molecular flexibility index (Phi) is 7.17. The van der Waals surface area contributed by atoms with E-state index >= 15 is 0 Å². The number of carbonyl (C=O) groups is 2. The maximum absolute atomic E-state index is 12.7. The molecule has 0 aliphatic rings. The number of H-pyrrole nitrogens is 1. The van der Waals surface area contributed by atoms with Gasteiger partial charge in [0.2, 0.25) is 0 Å². The molecule has 3 rings (SSSR count). The summed E-state index contributed by atoms with van der Waals surface area (Å²) in [5, 5.41) is 8.56. The summed E-state index contributed by atoms with van der Waals surface area (Å²) >= 11 is 7.15. The first-order valence-corrected chi connectivity index (χ1v) is 10.5. The Hall–Kier alpha value is -2.78. The summed E-state index contributed by atoms with van der Waals surface area (Å²) in [4.78, 5) is 27.6. The third-order valence-corrected chi connectivity index (χ3v) is 5.29. The Morgan fingerprint density at radius 3 is 2.73 bits per heavy atom. The van der Waals surface area contributed by atoms with E-state index in [2.05, 4.69) is 15.2 Å². The number of ketones is 1. The van der Waals surface area contributed by atoms with Crippen LogP contribution in [-0.4, -0.2) is 39.3 Å². The summed E-state index contributed by atoms with van der Waals surface area (Å²) in [5.41, 5.74) is 1.93. The molecule has 0 radical (unpaired) electrons. The maximum Gasteiger partial charge on any atom is 0.355 e. The lowest BCUT2D eigenvalue weighted by Gasteiger charge is -2.04. The fraction of sp³-hybridized carbons (Fsp3) is 0.300. The van der Waals surface area contributed by atoms with Crippen molar-refractivity contribution in [3.8, 4) is 5.75 Å². The minimum absolute atomic E-state index is 0.0597. The van der Waals surface area contributed by atoms with Crippen molar-refractivity contribution in [3.05, 3.63) is 57.7 Å². The Morgan fingerprint density at radius 1 is 1.23 bits per heavy atom. The smallest absolute Gasteiger partial charge is 0.355 e. The number of Topliss-reactive ketones (excluding diaryl/α,β-unsaturated/α-hetero) is 1. The second-order valence-electron chi connectivity index (χ2n) is 6.24. The number of thioether (sulfide) groups is 1.